The van der Waals surface area contributed by atoms with Gasteiger partial charge >= 0.3 is 5.69 Å². The van der Waals surface area contributed by atoms with E-state index in [2.05, 4.69) is 5.32 Å². The van der Waals surface area contributed by atoms with Gasteiger partial charge in [0.05, 0.1) is 36.5 Å². The van der Waals surface area contributed by atoms with Crippen LogP contribution in [0.4, 0.5) is 15.8 Å². The quantitative estimate of drug-likeness (QED) is 0.508. The summed E-state index contributed by atoms with van der Waals surface area (Å²) in [5.74, 6) is -0.935. The highest BCUT2D eigenvalue weighted by Crippen LogP contribution is 2.31. The van der Waals surface area contributed by atoms with Crippen LogP contribution in [0.25, 0.3) is 0 Å². The van der Waals surface area contributed by atoms with E-state index in [1.165, 1.54) is 7.11 Å². The highest BCUT2D eigenvalue weighted by Gasteiger charge is 2.19. The van der Waals surface area contributed by atoms with Crippen molar-refractivity contribution in [2.24, 2.45) is 0 Å². The van der Waals surface area contributed by atoms with Crippen LogP contribution in [0.15, 0.2) is 12.1 Å². The van der Waals surface area contributed by atoms with Gasteiger partial charge in [0.15, 0.2) is 0 Å². The number of halogens is 1. The highest BCUT2D eigenvalue weighted by molar-refractivity contribution is 5.61. The Morgan fingerprint density at radius 2 is 2.28 bits per heavy atom. The Morgan fingerprint density at radius 1 is 1.61 bits per heavy atom. The SMILES string of the molecule is COc1cc([N+](=O)[O-])c(F)cc1NCC(O)CO. The van der Waals surface area contributed by atoms with Gasteiger partial charge in [0, 0.05) is 12.6 Å². The summed E-state index contributed by atoms with van der Waals surface area (Å²) in [5, 5.41) is 30.9. The van der Waals surface area contributed by atoms with Crippen LogP contribution in [0.2, 0.25) is 0 Å². The summed E-state index contributed by atoms with van der Waals surface area (Å²) < 4.78 is 18.3. The lowest BCUT2D eigenvalue weighted by Gasteiger charge is -2.13. The number of nitrogens with one attached hydrogen (secondary N) is 1. The standard InChI is InChI=1S/C10H13FN2O5/c1-18-10-3-9(13(16)17)7(11)2-8(10)12-4-6(15)5-14/h2-3,6,12,14-15H,4-5H2,1H3. The predicted molar refractivity (Wildman–Crippen MR) is 61.2 cm³/mol. The number of anilines is 1. The smallest absolute Gasteiger partial charge is 0.308 e. The Kier molecular flexibility index (Phi) is 4.81. The normalized spacial score (nSPS) is 12.0. The average molecular weight is 260 g/mol. The van der Waals surface area contributed by atoms with Crippen molar-refractivity contribution in [2.75, 3.05) is 25.6 Å². The fourth-order valence-corrected chi connectivity index (χ4v) is 1.28. The zero-order valence-corrected chi connectivity index (χ0v) is 9.59. The van der Waals surface area contributed by atoms with E-state index in [9.17, 15) is 14.5 Å². The lowest BCUT2D eigenvalue weighted by molar-refractivity contribution is -0.387. The molecule has 0 fully saturated rings. The summed E-state index contributed by atoms with van der Waals surface area (Å²) in [6, 6.07) is 1.85. The first-order valence-corrected chi connectivity index (χ1v) is 5.04. The molecule has 0 heterocycles. The van der Waals surface area contributed by atoms with E-state index in [1.54, 1.807) is 0 Å². The third-order valence-electron chi connectivity index (χ3n) is 2.20. The van der Waals surface area contributed by atoms with Crippen LogP contribution in [0.3, 0.4) is 0 Å². The molecule has 0 bridgehead atoms. The zero-order chi connectivity index (χ0) is 13.7. The average Bonchev–Trinajstić information content (AvgIpc) is 2.35. The van der Waals surface area contributed by atoms with Crippen molar-refractivity contribution < 1.29 is 24.3 Å². The van der Waals surface area contributed by atoms with Crippen LogP contribution in [0, 0.1) is 15.9 Å². The molecule has 0 amide bonds. The first-order valence-electron chi connectivity index (χ1n) is 5.04. The lowest BCUT2D eigenvalue weighted by Crippen LogP contribution is -2.23. The van der Waals surface area contributed by atoms with E-state index in [1.807, 2.05) is 0 Å². The van der Waals surface area contributed by atoms with Crippen LogP contribution < -0.4 is 10.1 Å². The number of aliphatic hydroxyl groups excluding tert-OH is 2. The largest absolute Gasteiger partial charge is 0.494 e. The lowest BCUT2D eigenvalue weighted by atomic mass is 10.2. The molecule has 0 aliphatic rings. The number of nitro benzene ring substituents is 1. The minimum atomic E-state index is -1.02. The van der Waals surface area contributed by atoms with Crippen molar-refractivity contribution in [3.05, 3.63) is 28.1 Å². The van der Waals surface area contributed by atoms with Crippen LogP contribution in [0.1, 0.15) is 0 Å². The minimum Gasteiger partial charge on any atom is -0.494 e. The molecule has 3 N–H and O–H groups in total. The van der Waals surface area contributed by atoms with Gasteiger partial charge in [-0.1, -0.05) is 0 Å². The molecule has 0 radical (unpaired) electrons. The molecular weight excluding hydrogens is 247 g/mol. The molecular formula is C10H13FN2O5. The van der Waals surface area contributed by atoms with Crippen LogP contribution in [-0.4, -0.2) is 41.5 Å². The van der Waals surface area contributed by atoms with Gasteiger partial charge in [0.25, 0.3) is 0 Å². The number of aliphatic hydroxyl groups is 2. The van der Waals surface area contributed by atoms with Gasteiger partial charge in [-0.2, -0.15) is 4.39 Å². The van der Waals surface area contributed by atoms with Crippen molar-refractivity contribution in [3.63, 3.8) is 0 Å². The van der Waals surface area contributed by atoms with Gasteiger partial charge < -0.3 is 20.3 Å². The Hall–Kier alpha value is -1.93. The Bertz CT molecular complexity index is 441. The maximum Gasteiger partial charge on any atom is 0.308 e. The maximum absolute atomic E-state index is 13.4. The predicted octanol–water partition coefficient (Wildman–Crippen LogP) is 0.508. The second-order valence-corrected chi connectivity index (χ2v) is 3.48. The van der Waals surface area contributed by atoms with Crippen LogP contribution >= 0.6 is 0 Å². The van der Waals surface area contributed by atoms with Crippen LogP contribution in [0.5, 0.6) is 5.75 Å². The van der Waals surface area contributed by atoms with Gasteiger partial charge in [-0.15, -0.1) is 0 Å². The molecule has 0 aromatic heterocycles. The second kappa shape index (κ2) is 6.12. The summed E-state index contributed by atoms with van der Waals surface area (Å²) >= 11 is 0. The molecule has 1 rings (SSSR count). The van der Waals surface area contributed by atoms with Gasteiger partial charge in [0.1, 0.15) is 5.75 Å². The number of hydrogen-bond donors (Lipinski definition) is 3. The summed E-state index contributed by atoms with van der Waals surface area (Å²) in [4.78, 5) is 9.67. The summed E-state index contributed by atoms with van der Waals surface area (Å²) in [5.41, 5.74) is -0.534. The molecule has 0 aliphatic heterocycles. The zero-order valence-electron chi connectivity index (χ0n) is 9.59. The summed E-state index contributed by atoms with van der Waals surface area (Å²) in [6.45, 7) is -0.491. The first kappa shape index (κ1) is 14.1. The topological polar surface area (TPSA) is 105 Å². The number of rotatable bonds is 6. The first-order chi connectivity index (χ1) is 8.49. The monoisotopic (exact) mass is 260 g/mol. The molecule has 8 heteroatoms. The molecule has 7 nitrogen and oxygen atoms in total. The minimum absolute atomic E-state index is 0.0376. The van der Waals surface area contributed by atoms with E-state index >= 15 is 0 Å². The number of benzene rings is 1. The van der Waals surface area contributed by atoms with Crippen molar-refractivity contribution in [1.82, 2.24) is 0 Å². The Balaban J connectivity index is 2.98. The molecule has 1 unspecified atom stereocenters. The van der Waals surface area contributed by atoms with Gasteiger partial charge in [-0.3, -0.25) is 10.1 Å². The van der Waals surface area contributed by atoms with Gasteiger partial charge in [-0.05, 0) is 0 Å². The van der Waals surface area contributed by atoms with Crippen molar-refractivity contribution in [2.45, 2.75) is 6.10 Å². The summed E-state index contributed by atoms with van der Waals surface area (Å²) in [7, 11) is 1.28. The van der Waals surface area contributed by atoms with E-state index in [0.717, 1.165) is 12.1 Å². The molecule has 0 spiro atoms. The number of nitrogens with zero attached hydrogens (tertiary/aromatic N) is 1. The third kappa shape index (κ3) is 3.28. The number of ether oxygens (including phenoxy) is 1. The molecule has 100 valence electrons. The number of hydrogen-bond acceptors (Lipinski definition) is 6. The fourth-order valence-electron chi connectivity index (χ4n) is 1.28. The number of nitro groups is 1. The van der Waals surface area contributed by atoms with E-state index in [0.29, 0.717) is 0 Å². The summed E-state index contributed by atoms with van der Waals surface area (Å²) in [6.07, 6.45) is -1.02. The van der Waals surface area contributed by atoms with Crippen LogP contribution in [-0.2, 0) is 0 Å². The molecule has 1 aromatic carbocycles. The molecule has 0 saturated heterocycles. The fraction of sp³-hybridized carbons (Fsp3) is 0.400. The maximum atomic E-state index is 13.4. The van der Waals surface area contributed by atoms with E-state index in [-0.39, 0.29) is 18.0 Å². The number of methoxy groups -OCH3 is 1. The van der Waals surface area contributed by atoms with Gasteiger partial charge in [0.2, 0.25) is 5.82 Å². The van der Waals surface area contributed by atoms with E-state index in [4.69, 9.17) is 14.9 Å². The van der Waals surface area contributed by atoms with Crippen molar-refractivity contribution in [1.29, 1.82) is 0 Å². The third-order valence-corrected chi connectivity index (χ3v) is 2.20. The van der Waals surface area contributed by atoms with Crippen molar-refractivity contribution >= 4 is 11.4 Å². The van der Waals surface area contributed by atoms with Gasteiger partial charge in [-0.25, -0.2) is 0 Å². The van der Waals surface area contributed by atoms with E-state index < -0.39 is 29.1 Å². The second-order valence-electron chi connectivity index (χ2n) is 3.48. The molecule has 1 aromatic rings. The molecule has 0 aliphatic carbocycles. The van der Waals surface area contributed by atoms with Crippen molar-refractivity contribution in [3.8, 4) is 5.75 Å². The highest BCUT2D eigenvalue weighted by atomic mass is 19.1. The molecule has 0 saturated carbocycles. The molecule has 1 atom stereocenters. The Labute approximate surface area is 102 Å². The Morgan fingerprint density at radius 3 is 2.78 bits per heavy atom. The molecule has 18 heavy (non-hydrogen) atoms.